The van der Waals surface area contributed by atoms with Gasteiger partial charge in [0.1, 0.15) is 0 Å². The SMILES string of the molecule is CCC(C)=C(C)CCCC=C(C(C=C(C)C1C(C)C(C)C1C)CC)C1CCC1. The lowest BCUT2D eigenvalue weighted by Gasteiger charge is -2.49. The van der Waals surface area contributed by atoms with Crippen LogP contribution in [0.2, 0.25) is 0 Å². The summed E-state index contributed by atoms with van der Waals surface area (Å²) in [6, 6.07) is 0. The van der Waals surface area contributed by atoms with Crippen LogP contribution in [-0.2, 0) is 0 Å². The third kappa shape index (κ3) is 5.43. The molecule has 0 radical (unpaired) electrons. The van der Waals surface area contributed by atoms with Gasteiger partial charge in [-0.3, -0.25) is 0 Å². The van der Waals surface area contributed by atoms with Gasteiger partial charge in [-0.05, 0) is 101 Å². The number of rotatable bonds is 10. The van der Waals surface area contributed by atoms with Crippen LogP contribution in [0.15, 0.2) is 34.4 Å². The van der Waals surface area contributed by atoms with E-state index in [2.05, 4.69) is 67.5 Å². The van der Waals surface area contributed by atoms with Crippen LogP contribution in [0.4, 0.5) is 0 Å². The summed E-state index contributed by atoms with van der Waals surface area (Å²) in [5.74, 6) is 4.97. The molecule has 0 aromatic heterocycles. The van der Waals surface area contributed by atoms with Gasteiger partial charge < -0.3 is 0 Å². The standard InChI is InChI=1S/C28H48/c1-9-19(3)20(4)14-11-12-17-27(26-15-13-16-26)25(10-2)18-21(5)28-23(7)22(6)24(28)8/h17-18,22-26,28H,9-16H2,1-8H3. The van der Waals surface area contributed by atoms with E-state index >= 15 is 0 Å². The predicted molar refractivity (Wildman–Crippen MR) is 126 cm³/mol. The van der Waals surface area contributed by atoms with E-state index in [4.69, 9.17) is 0 Å². The molecule has 2 fully saturated rings. The maximum atomic E-state index is 2.68. The van der Waals surface area contributed by atoms with Gasteiger partial charge in [0, 0.05) is 0 Å². The van der Waals surface area contributed by atoms with Gasteiger partial charge in [0.15, 0.2) is 0 Å². The van der Waals surface area contributed by atoms with E-state index in [1.165, 1.54) is 51.4 Å². The summed E-state index contributed by atoms with van der Waals surface area (Å²) in [5.41, 5.74) is 6.67. The lowest BCUT2D eigenvalue weighted by molar-refractivity contribution is 0.0429. The van der Waals surface area contributed by atoms with Crippen molar-refractivity contribution in [3.8, 4) is 0 Å². The van der Waals surface area contributed by atoms with Crippen LogP contribution < -0.4 is 0 Å². The van der Waals surface area contributed by atoms with Crippen LogP contribution in [0.3, 0.4) is 0 Å². The molecule has 0 spiro atoms. The Hall–Kier alpha value is -0.780. The Morgan fingerprint density at radius 2 is 1.57 bits per heavy atom. The first-order valence-corrected chi connectivity index (χ1v) is 12.3. The van der Waals surface area contributed by atoms with Crippen LogP contribution in [0.5, 0.6) is 0 Å². The smallest absolute Gasteiger partial charge is 0.00205 e. The molecule has 0 heteroatoms. The van der Waals surface area contributed by atoms with Crippen molar-refractivity contribution in [1.29, 1.82) is 0 Å². The van der Waals surface area contributed by atoms with E-state index in [0.717, 1.165) is 29.6 Å². The Labute approximate surface area is 177 Å². The Morgan fingerprint density at radius 1 is 0.929 bits per heavy atom. The lowest BCUT2D eigenvalue weighted by Crippen LogP contribution is -2.42. The molecule has 0 bridgehead atoms. The largest absolute Gasteiger partial charge is 0.0844 e. The summed E-state index contributed by atoms with van der Waals surface area (Å²) in [4.78, 5) is 0. The third-order valence-electron chi connectivity index (χ3n) is 8.62. The quantitative estimate of drug-likeness (QED) is 0.260. The van der Waals surface area contributed by atoms with Gasteiger partial charge in [-0.25, -0.2) is 0 Å². The summed E-state index contributed by atoms with van der Waals surface area (Å²) in [7, 11) is 0. The van der Waals surface area contributed by atoms with Gasteiger partial charge in [0.05, 0.1) is 0 Å². The Balaban J connectivity index is 2.06. The molecule has 28 heavy (non-hydrogen) atoms. The minimum Gasteiger partial charge on any atom is -0.0844 e. The highest BCUT2D eigenvalue weighted by Crippen LogP contribution is 2.50. The normalized spacial score (nSPS) is 31.1. The average molecular weight is 385 g/mol. The molecule has 0 amide bonds. The number of hydrogen-bond acceptors (Lipinski definition) is 0. The first kappa shape index (κ1) is 23.5. The zero-order chi connectivity index (χ0) is 20.8. The summed E-state index contributed by atoms with van der Waals surface area (Å²) in [6.45, 7) is 19.1. The molecule has 2 rings (SSSR count). The third-order valence-corrected chi connectivity index (χ3v) is 8.62. The van der Waals surface area contributed by atoms with Crippen molar-refractivity contribution < 1.29 is 0 Å². The Morgan fingerprint density at radius 3 is 2.07 bits per heavy atom. The van der Waals surface area contributed by atoms with Gasteiger partial charge >= 0.3 is 0 Å². The molecule has 160 valence electrons. The zero-order valence-corrected chi connectivity index (χ0v) is 20.3. The highest BCUT2D eigenvalue weighted by atomic mass is 14.5. The fraction of sp³-hybridized carbons (Fsp3) is 0.786. The number of unbranched alkanes of at least 4 members (excludes halogenated alkanes) is 1. The van der Waals surface area contributed by atoms with Crippen molar-refractivity contribution >= 4 is 0 Å². The molecule has 3 atom stereocenters. The molecule has 2 aliphatic carbocycles. The molecule has 3 unspecified atom stereocenters. The van der Waals surface area contributed by atoms with E-state index in [9.17, 15) is 0 Å². The molecular formula is C28H48. The minimum atomic E-state index is 0.676. The first-order valence-electron chi connectivity index (χ1n) is 12.3. The van der Waals surface area contributed by atoms with Crippen LogP contribution in [-0.4, -0.2) is 0 Å². The number of allylic oxidation sites excluding steroid dienone is 6. The lowest BCUT2D eigenvalue weighted by atomic mass is 9.56. The second-order valence-corrected chi connectivity index (χ2v) is 10.2. The van der Waals surface area contributed by atoms with Crippen molar-refractivity contribution in [3.05, 3.63) is 34.4 Å². The molecule has 2 saturated carbocycles. The summed E-state index contributed by atoms with van der Waals surface area (Å²) >= 11 is 0. The van der Waals surface area contributed by atoms with Crippen LogP contribution in [0.25, 0.3) is 0 Å². The second kappa shape index (κ2) is 10.8. The molecule has 0 aliphatic heterocycles. The maximum absolute atomic E-state index is 2.68. The summed E-state index contributed by atoms with van der Waals surface area (Å²) in [6.07, 6.45) is 15.9. The summed E-state index contributed by atoms with van der Waals surface area (Å²) < 4.78 is 0. The number of hydrogen-bond donors (Lipinski definition) is 0. The first-order chi connectivity index (χ1) is 13.3. The highest BCUT2D eigenvalue weighted by Gasteiger charge is 2.42. The van der Waals surface area contributed by atoms with Crippen LogP contribution in [0, 0.1) is 35.5 Å². The zero-order valence-electron chi connectivity index (χ0n) is 20.3. The fourth-order valence-electron chi connectivity index (χ4n) is 5.69. The van der Waals surface area contributed by atoms with E-state index in [-0.39, 0.29) is 0 Å². The topological polar surface area (TPSA) is 0 Å². The highest BCUT2D eigenvalue weighted by molar-refractivity contribution is 5.23. The Kier molecular flexibility index (Phi) is 9.10. The van der Waals surface area contributed by atoms with E-state index in [1.807, 2.05) is 0 Å². The molecular weight excluding hydrogens is 336 g/mol. The van der Waals surface area contributed by atoms with Gasteiger partial charge in [0.25, 0.3) is 0 Å². The van der Waals surface area contributed by atoms with Crippen molar-refractivity contribution in [2.75, 3.05) is 0 Å². The van der Waals surface area contributed by atoms with Crippen molar-refractivity contribution in [1.82, 2.24) is 0 Å². The van der Waals surface area contributed by atoms with Gasteiger partial charge in [0.2, 0.25) is 0 Å². The molecule has 0 saturated heterocycles. The van der Waals surface area contributed by atoms with Gasteiger partial charge in [-0.2, -0.15) is 0 Å². The fourth-order valence-corrected chi connectivity index (χ4v) is 5.69. The molecule has 0 heterocycles. The van der Waals surface area contributed by atoms with Crippen LogP contribution in [0.1, 0.15) is 107 Å². The molecule has 2 aliphatic rings. The predicted octanol–water partition coefficient (Wildman–Crippen LogP) is 9.14. The maximum Gasteiger partial charge on any atom is -0.00205 e. The molecule has 0 aromatic carbocycles. The van der Waals surface area contributed by atoms with E-state index in [1.54, 1.807) is 22.3 Å². The second-order valence-electron chi connectivity index (χ2n) is 10.2. The van der Waals surface area contributed by atoms with E-state index in [0.29, 0.717) is 5.92 Å². The van der Waals surface area contributed by atoms with E-state index < -0.39 is 0 Å². The average Bonchev–Trinajstić information content (AvgIpc) is 2.65. The monoisotopic (exact) mass is 384 g/mol. The molecule has 0 nitrogen and oxygen atoms in total. The van der Waals surface area contributed by atoms with Crippen molar-refractivity contribution in [2.45, 2.75) is 107 Å². The van der Waals surface area contributed by atoms with Crippen LogP contribution >= 0.6 is 0 Å². The van der Waals surface area contributed by atoms with Crippen molar-refractivity contribution in [3.63, 3.8) is 0 Å². The minimum absolute atomic E-state index is 0.676. The van der Waals surface area contributed by atoms with Gasteiger partial charge in [-0.1, -0.05) is 75.5 Å². The molecule has 0 aromatic rings. The Bertz CT molecular complexity index is 573. The van der Waals surface area contributed by atoms with Gasteiger partial charge in [-0.15, -0.1) is 0 Å². The molecule has 0 N–H and O–H groups in total. The van der Waals surface area contributed by atoms with Crippen molar-refractivity contribution in [2.24, 2.45) is 35.5 Å². The summed E-state index contributed by atoms with van der Waals surface area (Å²) in [5, 5.41) is 0.